The number of hydrogen-bond donors (Lipinski definition) is 1. The van der Waals surface area contributed by atoms with E-state index in [1.807, 2.05) is 37.3 Å². The molecule has 0 bridgehead atoms. The zero-order valence-corrected chi connectivity index (χ0v) is 18.1. The fourth-order valence-electron chi connectivity index (χ4n) is 4.79. The second-order valence-electron chi connectivity index (χ2n) is 8.82. The smallest absolute Gasteiger partial charge is 0.275 e. The molecule has 6 heteroatoms. The molecule has 1 atom stereocenters. The van der Waals surface area contributed by atoms with Gasteiger partial charge in [0.15, 0.2) is 5.54 Å². The van der Waals surface area contributed by atoms with E-state index in [0.29, 0.717) is 12.5 Å². The van der Waals surface area contributed by atoms with Crippen LogP contribution in [-0.2, 0) is 21.5 Å². The van der Waals surface area contributed by atoms with Crippen LogP contribution in [-0.4, -0.2) is 46.0 Å². The van der Waals surface area contributed by atoms with Gasteiger partial charge in [0, 0.05) is 17.4 Å². The molecular formula is C25H26N4O2. The number of carbonyl (C=O) groups is 2. The maximum Gasteiger partial charge on any atom is 0.275 e. The number of H-pyrrole nitrogens is 1. The van der Waals surface area contributed by atoms with Crippen molar-refractivity contribution in [3.05, 3.63) is 70.9 Å². The summed E-state index contributed by atoms with van der Waals surface area (Å²) in [5.41, 5.74) is 3.97. The number of amides is 2. The average Bonchev–Trinajstić information content (AvgIpc) is 3.16. The van der Waals surface area contributed by atoms with Crippen LogP contribution >= 0.6 is 0 Å². The Labute approximate surface area is 181 Å². The maximum atomic E-state index is 13.6. The van der Waals surface area contributed by atoms with Crippen molar-refractivity contribution < 1.29 is 9.59 Å². The van der Waals surface area contributed by atoms with E-state index in [1.54, 1.807) is 11.1 Å². The fraction of sp³-hybridized carbons (Fsp3) is 0.320. The van der Waals surface area contributed by atoms with E-state index in [2.05, 4.69) is 42.1 Å². The molecular weight excluding hydrogens is 388 g/mol. The van der Waals surface area contributed by atoms with Gasteiger partial charge in [0.1, 0.15) is 6.54 Å². The third kappa shape index (κ3) is 2.97. The van der Waals surface area contributed by atoms with Crippen molar-refractivity contribution in [3.63, 3.8) is 0 Å². The SMILES string of the molecule is CC(C)c1ccc(/C=N\N2CC(=O)N3CCc4c([nH]c5ccccc45)[C@]3(C)C2=O)cc1. The van der Waals surface area contributed by atoms with E-state index in [0.717, 1.165) is 34.1 Å². The van der Waals surface area contributed by atoms with Crippen LogP contribution in [0.15, 0.2) is 53.6 Å². The van der Waals surface area contributed by atoms with E-state index in [1.165, 1.54) is 10.6 Å². The third-order valence-electron chi connectivity index (χ3n) is 6.61. The Balaban J connectivity index is 1.50. The highest BCUT2D eigenvalue weighted by Crippen LogP contribution is 2.41. The van der Waals surface area contributed by atoms with Crippen molar-refractivity contribution in [2.45, 2.75) is 38.6 Å². The number of hydrogen-bond acceptors (Lipinski definition) is 3. The number of para-hydroxylation sites is 1. The molecule has 158 valence electrons. The number of benzene rings is 2. The molecule has 2 aliphatic rings. The molecule has 1 saturated heterocycles. The van der Waals surface area contributed by atoms with Crippen molar-refractivity contribution in [1.82, 2.24) is 14.9 Å². The van der Waals surface area contributed by atoms with Gasteiger partial charge in [-0.25, -0.2) is 5.01 Å². The highest BCUT2D eigenvalue weighted by atomic mass is 16.2. The van der Waals surface area contributed by atoms with Gasteiger partial charge in [-0.3, -0.25) is 9.59 Å². The summed E-state index contributed by atoms with van der Waals surface area (Å²) < 4.78 is 0. The van der Waals surface area contributed by atoms with Crippen molar-refractivity contribution in [1.29, 1.82) is 0 Å². The Hall–Kier alpha value is -3.41. The molecule has 3 aromatic rings. The second kappa shape index (κ2) is 7.08. The van der Waals surface area contributed by atoms with Crippen LogP contribution in [0.5, 0.6) is 0 Å². The Morgan fingerprint density at radius 3 is 2.58 bits per heavy atom. The first-order valence-corrected chi connectivity index (χ1v) is 10.8. The van der Waals surface area contributed by atoms with Crippen LogP contribution in [0.3, 0.4) is 0 Å². The molecule has 0 aliphatic carbocycles. The summed E-state index contributed by atoms with van der Waals surface area (Å²) in [6, 6.07) is 16.1. The highest BCUT2D eigenvalue weighted by molar-refractivity contribution is 6.01. The average molecular weight is 415 g/mol. The van der Waals surface area contributed by atoms with Crippen molar-refractivity contribution in [3.8, 4) is 0 Å². The fourth-order valence-corrected chi connectivity index (χ4v) is 4.79. The molecule has 3 heterocycles. The number of hydrazone groups is 1. The van der Waals surface area contributed by atoms with Gasteiger partial charge >= 0.3 is 0 Å². The minimum Gasteiger partial charge on any atom is -0.356 e. The first-order chi connectivity index (χ1) is 14.9. The number of fused-ring (bicyclic) bond motifs is 5. The summed E-state index contributed by atoms with van der Waals surface area (Å²) in [7, 11) is 0. The largest absolute Gasteiger partial charge is 0.356 e. The highest BCUT2D eigenvalue weighted by Gasteiger charge is 2.54. The van der Waals surface area contributed by atoms with Crippen LogP contribution in [0.2, 0.25) is 0 Å². The number of nitrogens with zero attached hydrogens (tertiary/aromatic N) is 3. The van der Waals surface area contributed by atoms with Gasteiger partial charge in [0.2, 0.25) is 5.91 Å². The molecule has 1 N–H and O–H groups in total. The van der Waals surface area contributed by atoms with E-state index in [4.69, 9.17) is 0 Å². The van der Waals surface area contributed by atoms with Crippen LogP contribution in [0, 0.1) is 0 Å². The Morgan fingerprint density at radius 1 is 1.10 bits per heavy atom. The lowest BCUT2D eigenvalue weighted by Gasteiger charge is -2.48. The van der Waals surface area contributed by atoms with Gasteiger partial charge in [-0.05, 0) is 42.0 Å². The van der Waals surface area contributed by atoms with Gasteiger partial charge in [0.25, 0.3) is 5.91 Å². The number of nitrogens with one attached hydrogen (secondary N) is 1. The Morgan fingerprint density at radius 2 is 1.84 bits per heavy atom. The lowest BCUT2D eigenvalue weighted by atomic mass is 9.83. The van der Waals surface area contributed by atoms with E-state index < -0.39 is 5.54 Å². The quantitative estimate of drug-likeness (QED) is 0.663. The minimum atomic E-state index is -1.08. The van der Waals surface area contributed by atoms with Crippen LogP contribution in [0.1, 0.15) is 49.1 Å². The zero-order chi connectivity index (χ0) is 21.8. The normalized spacial score (nSPS) is 21.3. The van der Waals surface area contributed by atoms with Gasteiger partial charge in [-0.15, -0.1) is 0 Å². The lowest BCUT2D eigenvalue weighted by Crippen LogP contribution is -2.65. The molecule has 0 spiro atoms. The standard InChI is InChI=1S/C25H26N4O2/c1-16(2)18-10-8-17(9-11-18)14-26-29-15-22(30)28-13-12-20-19-6-4-5-7-21(19)27-23(20)25(28,3)24(29)31/h4-11,14,16,27H,12-13,15H2,1-3H3/b26-14-/t25-/m1/s1. The summed E-state index contributed by atoms with van der Waals surface area (Å²) in [4.78, 5) is 31.7. The van der Waals surface area contributed by atoms with Crippen molar-refractivity contribution in [2.75, 3.05) is 13.1 Å². The predicted octanol–water partition coefficient (Wildman–Crippen LogP) is 3.77. The molecule has 0 radical (unpaired) electrons. The molecule has 5 rings (SSSR count). The zero-order valence-electron chi connectivity index (χ0n) is 18.1. The number of rotatable bonds is 3. The molecule has 2 amide bonds. The first-order valence-electron chi connectivity index (χ1n) is 10.8. The molecule has 0 unspecified atom stereocenters. The molecule has 2 aliphatic heterocycles. The summed E-state index contributed by atoms with van der Waals surface area (Å²) in [6.07, 6.45) is 2.39. The summed E-state index contributed by atoms with van der Waals surface area (Å²) >= 11 is 0. The molecule has 1 fully saturated rings. The molecule has 6 nitrogen and oxygen atoms in total. The van der Waals surface area contributed by atoms with E-state index in [-0.39, 0.29) is 18.4 Å². The first kappa shape index (κ1) is 19.5. The molecule has 31 heavy (non-hydrogen) atoms. The Bertz CT molecular complexity index is 1210. The van der Waals surface area contributed by atoms with E-state index in [9.17, 15) is 9.59 Å². The number of carbonyl (C=O) groups excluding carboxylic acids is 2. The number of piperazine rings is 1. The predicted molar refractivity (Wildman–Crippen MR) is 121 cm³/mol. The number of aromatic nitrogens is 1. The van der Waals surface area contributed by atoms with Gasteiger partial charge in [-0.1, -0.05) is 56.3 Å². The monoisotopic (exact) mass is 414 g/mol. The van der Waals surface area contributed by atoms with Gasteiger partial charge in [-0.2, -0.15) is 5.10 Å². The molecule has 2 aromatic carbocycles. The summed E-state index contributed by atoms with van der Waals surface area (Å²) in [6.45, 7) is 6.63. The minimum absolute atomic E-state index is 0.0371. The number of aromatic amines is 1. The topological polar surface area (TPSA) is 68.8 Å². The van der Waals surface area contributed by atoms with Crippen molar-refractivity contribution >= 4 is 28.9 Å². The van der Waals surface area contributed by atoms with Crippen LogP contribution in [0.25, 0.3) is 10.9 Å². The molecule has 1 aromatic heterocycles. The van der Waals surface area contributed by atoms with Gasteiger partial charge in [0.05, 0.1) is 11.9 Å². The van der Waals surface area contributed by atoms with Gasteiger partial charge < -0.3 is 9.88 Å². The van der Waals surface area contributed by atoms with Crippen molar-refractivity contribution in [2.24, 2.45) is 5.10 Å². The maximum absolute atomic E-state index is 13.6. The van der Waals surface area contributed by atoms with Crippen LogP contribution < -0.4 is 0 Å². The lowest BCUT2D eigenvalue weighted by molar-refractivity contribution is -0.165. The third-order valence-corrected chi connectivity index (χ3v) is 6.61. The van der Waals surface area contributed by atoms with Crippen LogP contribution in [0.4, 0.5) is 0 Å². The summed E-state index contributed by atoms with van der Waals surface area (Å²) in [5.74, 6) is 0.184. The summed E-state index contributed by atoms with van der Waals surface area (Å²) in [5, 5.41) is 6.85. The Kier molecular flexibility index (Phi) is 4.46. The molecule has 0 saturated carbocycles. The second-order valence-corrected chi connectivity index (χ2v) is 8.82. The van der Waals surface area contributed by atoms with E-state index >= 15 is 0 Å².